The molecule has 2 N–H and O–H groups in total. The van der Waals surface area contributed by atoms with E-state index in [1.54, 1.807) is 5.51 Å². The molecule has 3 aromatic rings. The molecular formula is C20H23N9OS2. The van der Waals surface area contributed by atoms with Gasteiger partial charge in [0.1, 0.15) is 5.51 Å². The van der Waals surface area contributed by atoms with E-state index in [2.05, 4.69) is 47.6 Å². The smallest absolute Gasteiger partial charge is 0.234 e. The monoisotopic (exact) mass is 469 g/mol. The lowest BCUT2D eigenvalue weighted by molar-refractivity contribution is -0.117. The quantitative estimate of drug-likeness (QED) is 0.535. The second kappa shape index (κ2) is 9.35. The van der Waals surface area contributed by atoms with Gasteiger partial charge < -0.3 is 15.1 Å². The summed E-state index contributed by atoms with van der Waals surface area (Å²) in [4.78, 5) is 31.3. The van der Waals surface area contributed by atoms with Gasteiger partial charge in [0.2, 0.25) is 22.9 Å². The molecule has 2 fully saturated rings. The van der Waals surface area contributed by atoms with E-state index in [4.69, 9.17) is 4.98 Å². The SMILES string of the molecule is CN1CCN(c2nc(Nc3nncs3)nc(Sc3ccc(NC(=O)C4CC4)cc3)n2)CC1. The molecule has 1 aliphatic carbocycles. The van der Waals surface area contributed by atoms with Crippen LogP contribution in [0.4, 0.5) is 22.7 Å². The lowest BCUT2D eigenvalue weighted by atomic mass is 10.3. The van der Waals surface area contributed by atoms with Crippen molar-refractivity contribution in [3.05, 3.63) is 29.8 Å². The number of hydrogen-bond donors (Lipinski definition) is 2. The van der Waals surface area contributed by atoms with E-state index in [9.17, 15) is 4.79 Å². The number of likely N-dealkylation sites (N-methyl/N-ethyl adjacent to an activating group) is 1. The lowest BCUT2D eigenvalue weighted by Crippen LogP contribution is -2.45. The summed E-state index contributed by atoms with van der Waals surface area (Å²) in [5.41, 5.74) is 2.46. The number of anilines is 4. The van der Waals surface area contributed by atoms with Gasteiger partial charge in [-0.2, -0.15) is 15.0 Å². The minimum absolute atomic E-state index is 0.104. The fourth-order valence-electron chi connectivity index (χ4n) is 3.22. The summed E-state index contributed by atoms with van der Waals surface area (Å²) in [6, 6.07) is 7.74. The molecule has 0 unspecified atom stereocenters. The number of nitrogens with zero attached hydrogens (tertiary/aromatic N) is 7. The van der Waals surface area contributed by atoms with Crippen LogP contribution in [0.3, 0.4) is 0 Å². The third-order valence-corrected chi connectivity index (χ3v) is 6.73. The zero-order valence-electron chi connectivity index (χ0n) is 17.6. The number of piperazine rings is 1. The number of benzene rings is 1. The summed E-state index contributed by atoms with van der Waals surface area (Å²) >= 11 is 2.84. The molecule has 2 aromatic heterocycles. The molecule has 32 heavy (non-hydrogen) atoms. The van der Waals surface area contributed by atoms with Crippen molar-refractivity contribution >= 4 is 51.7 Å². The lowest BCUT2D eigenvalue weighted by Gasteiger charge is -2.32. The molecule has 0 bridgehead atoms. The summed E-state index contributed by atoms with van der Waals surface area (Å²) in [6.07, 6.45) is 1.98. The molecule has 3 heterocycles. The fraction of sp³-hybridized carbons (Fsp3) is 0.400. The van der Waals surface area contributed by atoms with Crippen molar-refractivity contribution in [1.82, 2.24) is 30.0 Å². The van der Waals surface area contributed by atoms with Crippen LogP contribution in [0.2, 0.25) is 0 Å². The van der Waals surface area contributed by atoms with Gasteiger partial charge in [-0.25, -0.2) is 0 Å². The van der Waals surface area contributed by atoms with Crippen molar-refractivity contribution < 1.29 is 4.79 Å². The molecule has 0 atom stereocenters. The summed E-state index contributed by atoms with van der Waals surface area (Å²) < 4.78 is 0. The van der Waals surface area contributed by atoms with E-state index in [0.29, 0.717) is 22.2 Å². The maximum atomic E-state index is 12.0. The second-order valence-corrected chi connectivity index (χ2v) is 9.66. The van der Waals surface area contributed by atoms with Crippen molar-refractivity contribution in [2.24, 2.45) is 5.92 Å². The van der Waals surface area contributed by atoms with E-state index in [1.807, 2.05) is 24.3 Å². The number of aromatic nitrogens is 5. The molecule has 2 aliphatic rings. The van der Waals surface area contributed by atoms with Crippen LogP contribution in [0, 0.1) is 5.92 Å². The Hall–Kier alpha value is -2.83. The zero-order valence-corrected chi connectivity index (χ0v) is 19.2. The highest BCUT2D eigenvalue weighted by molar-refractivity contribution is 7.99. The molecule has 12 heteroatoms. The first-order valence-electron chi connectivity index (χ1n) is 10.4. The highest BCUT2D eigenvalue weighted by Gasteiger charge is 2.29. The van der Waals surface area contributed by atoms with Crippen LogP contribution in [0.1, 0.15) is 12.8 Å². The molecule has 5 rings (SSSR count). The highest BCUT2D eigenvalue weighted by Crippen LogP contribution is 2.31. The Labute approximate surface area is 193 Å². The van der Waals surface area contributed by atoms with E-state index in [0.717, 1.165) is 49.6 Å². The summed E-state index contributed by atoms with van der Waals surface area (Å²) in [6.45, 7) is 3.64. The fourth-order valence-corrected chi connectivity index (χ4v) is 4.40. The van der Waals surface area contributed by atoms with E-state index in [1.165, 1.54) is 23.1 Å². The molecule has 166 valence electrons. The minimum Gasteiger partial charge on any atom is -0.338 e. The number of carbonyl (C=O) groups excluding carboxylic acids is 1. The average Bonchev–Trinajstić information content (AvgIpc) is 3.53. The number of carbonyl (C=O) groups is 1. The van der Waals surface area contributed by atoms with Crippen LogP contribution >= 0.6 is 23.1 Å². The Morgan fingerprint density at radius 2 is 1.88 bits per heavy atom. The largest absolute Gasteiger partial charge is 0.338 e. The Morgan fingerprint density at radius 3 is 2.56 bits per heavy atom. The average molecular weight is 470 g/mol. The summed E-state index contributed by atoms with van der Waals surface area (Å²) in [5.74, 6) is 1.38. The molecule has 0 spiro atoms. The van der Waals surface area contributed by atoms with Gasteiger partial charge in [0.15, 0.2) is 5.16 Å². The van der Waals surface area contributed by atoms with Gasteiger partial charge >= 0.3 is 0 Å². The zero-order chi connectivity index (χ0) is 21.9. The Bertz CT molecular complexity index is 1070. The number of hydrogen-bond acceptors (Lipinski definition) is 11. The van der Waals surface area contributed by atoms with Gasteiger partial charge in [-0.3, -0.25) is 10.1 Å². The number of rotatable bonds is 7. The maximum absolute atomic E-state index is 12.0. The molecule has 1 saturated carbocycles. The molecule has 1 aliphatic heterocycles. The van der Waals surface area contributed by atoms with Gasteiger partial charge in [0, 0.05) is 42.7 Å². The summed E-state index contributed by atoms with van der Waals surface area (Å²) in [5, 5.41) is 15.2. The molecule has 1 amide bonds. The normalized spacial score (nSPS) is 16.7. The van der Waals surface area contributed by atoms with Crippen LogP contribution < -0.4 is 15.5 Å². The van der Waals surface area contributed by atoms with E-state index in [-0.39, 0.29) is 11.8 Å². The second-order valence-electron chi connectivity index (χ2n) is 7.79. The molecule has 1 aromatic carbocycles. The van der Waals surface area contributed by atoms with E-state index >= 15 is 0 Å². The molecule has 1 saturated heterocycles. The first kappa shape index (κ1) is 21.0. The Balaban J connectivity index is 1.34. The molecule has 0 radical (unpaired) electrons. The topological polar surface area (TPSA) is 112 Å². The van der Waals surface area contributed by atoms with Crippen LogP contribution in [-0.2, 0) is 4.79 Å². The minimum atomic E-state index is 0.104. The van der Waals surface area contributed by atoms with Crippen molar-refractivity contribution in [3.63, 3.8) is 0 Å². The van der Waals surface area contributed by atoms with E-state index < -0.39 is 0 Å². The number of amides is 1. The summed E-state index contributed by atoms with van der Waals surface area (Å²) in [7, 11) is 2.12. The first-order valence-corrected chi connectivity index (χ1v) is 12.1. The third-order valence-electron chi connectivity index (χ3n) is 5.25. The van der Waals surface area contributed by atoms with Crippen molar-refractivity contribution in [3.8, 4) is 0 Å². The van der Waals surface area contributed by atoms with Crippen LogP contribution in [0.15, 0.2) is 39.8 Å². The van der Waals surface area contributed by atoms with Crippen LogP contribution in [0.5, 0.6) is 0 Å². The molecule has 10 nitrogen and oxygen atoms in total. The van der Waals surface area contributed by atoms with Crippen molar-refractivity contribution in [1.29, 1.82) is 0 Å². The van der Waals surface area contributed by atoms with Gasteiger partial charge in [0.25, 0.3) is 0 Å². The van der Waals surface area contributed by atoms with Gasteiger partial charge in [0.05, 0.1) is 0 Å². The predicted molar refractivity (Wildman–Crippen MR) is 125 cm³/mol. The van der Waals surface area contributed by atoms with Gasteiger partial charge in [-0.15, -0.1) is 10.2 Å². The van der Waals surface area contributed by atoms with Crippen molar-refractivity contribution in [2.75, 3.05) is 48.8 Å². The Morgan fingerprint density at radius 1 is 1.09 bits per heavy atom. The molecular weight excluding hydrogens is 446 g/mol. The standard InChI is InChI=1S/C20H23N9OS2/c1-28-8-10-29(11-9-28)18-23-17(25-20-27-21-12-31-20)24-19(26-18)32-15-6-4-14(5-7-15)22-16(30)13-2-3-13/h4-7,12-13H,2-3,8-11H2,1H3,(H,22,30)(H,23,24,25,26,27). The first-order chi connectivity index (χ1) is 15.6. The Kier molecular flexibility index (Phi) is 6.14. The number of nitrogens with one attached hydrogen (secondary N) is 2. The van der Waals surface area contributed by atoms with Crippen LogP contribution in [0.25, 0.3) is 0 Å². The van der Waals surface area contributed by atoms with Crippen LogP contribution in [-0.4, -0.2) is 69.2 Å². The third kappa shape index (κ3) is 5.31. The van der Waals surface area contributed by atoms with Crippen molar-refractivity contribution in [2.45, 2.75) is 22.9 Å². The van der Waals surface area contributed by atoms with Gasteiger partial charge in [-0.1, -0.05) is 11.3 Å². The van der Waals surface area contributed by atoms with Gasteiger partial charge in [-0.05, 0) is 55.9 Å². The highest BCUT2D eigenvalue weighted by atomic mass is 32.2. The predicted octanol–water partition coefficient (Wildman–Crippen LogP) is 2.72. The maximum Gasteiger partial charge on any atom is 0.234 e.